The molecule has 0 atom stereocenters. The number of carbonyl (C=O) groups is 1. The zero-order chi connectivity index (χ0) is 13.2. The van der Waals surface area contributed by atoms with Gasteiger partial charge in [-0.25, -0.2) is 4.79 Å². The van der Waals surface area contributed by atoms with E-state index in [9.17, 15) is 4.79 Å². The minimum absolute atomic E-state index is 0.178. The van der Waals surface area contributed by atoms with Gasteiger partial charge in [0.05, 0.1) is 0 Å². The summed E-state index contributed by atoms with van der Waals surface area (Å²) in [5.41, 5.74) is 1.15. The second-order valence-corrected chi connectivity index (χ2v) is 4.29. The van der Waals surface area contributed by atoms with Gasteiger partial charge in [-0.3, -0.25) is 0 Å². The van der Waals surface area contributed by atoms with Gasteiger partial charge in [0.25, 0.3) is 0 Å². The minimum atomic E-state index is -0.866. The van der Waals surface area contributed by atoms with Crippen LogP contribution in [0.1, 0.15) is 24.8 Å². The Bertz CT molecular complexity index is 340. The summed E-state index contributed by atoms with van der Waals surface area (Å²) < 4.78 is 0. The number of hydrogen-bond donors (Lipinski definition) is 2. The van der Waals surface area contributed by atoms with Crippen LogP contribution in [0.2, 0.25) is 0 Å². The third-order valence-corrected chi connectivity index (χ3v) is 2.87. The van der Waals surface area contributed by atoms with Gasteiger partial charge in [-0.05, 0) is 31.2 Å². The van der Waals surface area contributed by atoms with Crippen molar-refractivity contribution in [3.8, 4) is 0 Å². The molecule has 0 aromatic heterocycles. The molecular weight excluding hydrogens is 230 g/mol. The monoisotopic (exact) mass is 251 g/mol. The van der Waals surface area contributed by atoms with Gasteiger partial charge in [0.1, 0.15) is 0 Å². The van der Waals surface area contributed by atoms with Crippen LogP contribution in [0.3, 0.4) is 0 Å². The summed E-state index contributed by atoms with van der Waals surface area (Å²) in [5, 5.41) is 17.7. The third-order valence-electron chi connectivity index (χ3n) is 2.87. The van der Waals surface area contributed by atoms with Gasteiger partial charge in [0.2, 0.25) is 0 Å². The maximum Gasteiger partial charge on any atom is 0.407 e. The number of rotatable bonds is 8. The minimum Gasteiger partial charge on any atom is -0.465 e. The highest BCUT2D eigenvalue weighted by Crippen LogP contribution is 2.04. The maximum absolute atomic E-state index is 11.1. The first kappa shape index (κ1) is 14.5. The quantitative estimate of drug-likeness (QED) is 0.697. The fourth-order valence-electron chi connectivity index (χ4n) is 1.80. The smallest absolute Gasteiger partial charge is 0.407 e. The van der Waals surface area contributed by atoms with Crippen molar-refractivity contribution in [2.45, 2.75) is 25.7 Å². The Hall–Kier alpha value is -1.55. The molecule has 0 saturated carbocycles. The summed E-state index contributed by atoms with van der Waals surface area (Å²) in [6.07, 6.45) is 2.29. The Morgan fingerprint density at radius 1 is 1.06 bits per heavy atom. The van der Waals surface area contributed by atoms with Crippen LogP contribution in [0.4, 0.5) is 4.79 Å². The number of nitrogens with zero attached hydrogens (tertiary/aromatic N) is 1. The molecular formula is C14H21NO3. The van der Waals surface area contributed by atoms with E-state index >= 15 is 0 Å². The molecule has 0 bridgehead atoms. The van der Waals surface area contributed by atoms with Crippen molar-refractivity contribution in [2.75, 3.05) is 19.7 Å². The molecule has 2 N–H and O–H groups in total. The second-order valence-electron chi connectivity index (χ2n) is 4.29. The number of amides is 1. The van der Waals surface area contributed by atoms with Gasteiger partial charge in [-0.2, -0.15) is 0 Å². The van der Waals surface area contributed by atoms with E-state index in [-0.39, 0.29) is 6.61 Å². The Kier molecular flexibility index (Phi) is 6.87. The molecule has 4 nitrogen and oxygen atoms in total. The molecule has 0 radical (unpaired) electrons. The summed E-state index contributed by atoms with van der Waals surface area (Å²) in [5.74, 6) is 0. The Morgan fingerprint density at radius 2 is 1.78 bits per heavy atom. The Labute approximate surface area is 108 Å². The Balaban J connectivity index is 2.32. The van der Waals surface area contributed by atoms with E-state index in [0.717, 1.165) is 31.2 Å². The van der Waals surface area contributed by atoms with Gasteiger partial charge in [0.15, 0.2) is 0 Å². The number of benzene rings is 1. The highest BCUT2D eigenvalue weighted by atomic mass is 16.4. The van der Waals surface area contributed by atoms with Crippen molar-refractivity contribution in [3.05, 3.63) is 35.9 Å². The fraction of sp³-hybridized carbons (Fsp3) is 0.500. The van der Waals surface area contributed by atoms with Crippen LogP contribution in [0.25, 0.3) is 0 Å². The van der Waals surface area contributed by atoms with E-state index in [4.69, 9.17) is 10.2 Å². The van der Waals surface area contributed by atoms with E-state index in [0.29, 0.717) is 13.1 Å². The van der Waals surface area contributed by atoms with E-state index < -0.39 is 6.09 Å². The molecule has 1 amide bonds. The summed E-state index contributed by atoms with van der Waals surface area (Å²) in [6.45, 7) is 1.25. The van der Waals surface area contributed by atoms with E-state index in [2.05, 4.69) is 0 Å². The van der Waals surface area contributed by atoms with Crippen LogP contribution in [-0.2, 0) is 6.42 Å². The van der Waals surface area contributed by atoms with Crippen LogP contribution in [-0.4, -0.2) is 40.9 Å². The van der Waals surface area contributed by atoms with E-state index in [1.54, 1.807) is 0 Å². The van der Waals surface area contributed by atoms with Crippen LogP contribution >= 0.6 is 0 Å². The molecule has 0 aliphatic heterocycles. The SMILES string of the molecule is O=C(O)N(CCCCCO)CCc1ccccc1. The number of unbranched alkanes of at least 4 members (excludes halogenated alkanes) is 2. The van der Waals surface area contributed by atoms with Crippen molar-refractivity contribution in [1.82, 2.24) is 4.90 Å². The zero-order valence-electron chi connectivity index (χ0n) is 10.6. The molecule has 1 aromatic carbocycles. The van der Waals surface area contributed by atoms with Gasteiger partial charge in [0, 0.05) is 19.7 Å². The average molecular weight is 251 g/mol. The topological polar surface area (TPSA) is 60.8 Å². The van der Waals surface area contributed by atoms with Gasteiger partial charge in [-0.1, -0.05) is 30.3 Å². The van der Waals surface area contributed by atoms with Crippen LogP contribution in [0, 0.1) is 0 Å². The van der Waals surface area contributed by atoms with Crippen LogP contribution < -0.4 is 0 Å². The molecule has 0 aliphatic carbocycles. The predicted octanol–water partition coefficient (Wildman–Crippen LogP) is 2.37. The first-order valence-electron chi connectivity index (χ1n) is 6.36. The van der Waals surface area contributed by atoms with Crippen LogP contribution in [0.5, 0.6) is 0 Å². The van der Waals surface area contributed by atoms with Crippen molar-refractivity contribution in [2.24, 2.45) is 0 Å². The van der Waals surface area contributed by atoms with Crippen molar-refractivity contribution >= 4 is 6.09 Å². The van der Waals surface area contributed by atoms with Gasteiger partial charge >= 0.3 is 6.09 Å². The highest BCUT2D eigenvalue weighted by molar-refractivity contribution is 5.64. The summed E-state index contributed by atoms with van der Waals surface area (Å²) in [7, 11) is 0. The molecule has 0 fully saturated rings. The fourth-order valence-corrected chi connectivity index (χ4v) is 1.80. The molecule has 4 heteroatoms. The highest BCUT2D eigenvalue weighted by Gasteiger charge is 2.10. The standard InChI is InChI=1S/C14H21NO3/c16-12-6-2-5-10-15(14(17)18)11-9-13-7-3-1-4-8-13/h1,3-4,7-8,16H,2,5-6,9-12H2,(H,17,18). The molecule has 1 aromatic rings. The molecule has 0 unspecified atom stereocenters. The Morgan fingerprint density at radius 3 is 2.39 bits per heavy atom. The first-order chi connectivity index (χ1) is 8.74. The zero-order valence-corrected chi connectivity index (χ0v) is 10.6. The maximum atomic E-state index is 11.1. The predicted molar refractivity (Wildman–Crippen MR) is 70.7 cm³/mol. The van der Waals surface area contributed by atoms with Crippen molar-refractivity contribution in [3.63, 3.8) is 0 Å². The lowest BCUT2D eigenvalue weighted by Gasteiger charge is -2.19. The van der Waals surface area contributed by atoms with Crippen molar-refractivity contribution < 1.29 is 15.0 Å². The van der Waals surface area contributed by atoms with Crippen molar-refractivity contribution in [1.29, 1.82) is 0 Å². The molecule has 0 spiro atoms. The molecule has 0 saturated heterocycles. The second kappa shape index (κ2) is 8.53. The molecule has 18 heavy (non-hydrogen) atoms. The molecule has 1 rings (SSSR count). The lowest BCUT2D eigenvalue weighted by atomic mass is 10.1. The largest absolute Gasteiger partial charge is 0.465 e. The lowest BCUT2D eigenvalue weighted by Crippen LogP contribution is -2.32. The molecule has 100 valence electrons. The average Bonchev–Trinajstić information content (AvgIpc) is 2.38. The van der Waals surface area contributed by atoms with E-state index in [1.807, 2.05) is 30.3 Å². The van der Waals surface area contributed by atoms with E-state index in [1.165, 1.54) is 4.90 Å². The summed E-state index contributed by atoms with van der Waals surface area (Å²) >= 11 is 0. The summed E-state index contributed by atoms with van der Waals surface area (Å²) in [6, 6.07) is 9.88. The lowest BCUT2D eigenvalue weighted by molar-refractivity contribution is 0.144. The van der Waals surface area contributed by atoms with Gasteiger partial charge in [-0.15, -0.1) is 0 Å². The molecule has 0 aliphatic rings. The normalized spacial score (nSPS) is 10.3. The third kappa shape index (κ3) is 5.68. The number of carboxylic acid groups (broad SMARTS) is 1. The number of aliphatic hydroxyl groups is 1. The van der Waals surface area contributed by atoms with Crippen LogP contribution in [0.15, 0.2) is 30.3 Å². The summed E-state index contributed by atoms with van der Waals surface area (Å²) in [4.78, 5) is 12.5. The number of aliphatic hydroxyl groups excluding tert-OH is 1. The first-order valence-corrected chi connectivity index (χ1v) is 6.36. The number of hydrogen-bond acceptors (Lipinski definition) is 2. The molecule has 0 heterocycles. The van der Waals surface area contributed by atoms with Gasteiger partial charge < -0.3 is 15.1 Å².